The highest BCUT2D eigenvalue weighted by molar-refractivity contribution is 5.93. The van der Waals surface area contributed by atoms with Gasteiger partial charge in [0, 0.05) is 30.9 Å². The van der Waals surface area contributed by atoms with Crippen molar-refractivity contribution in [3.05, 3.63) is 24.3 Å². The van der Waals surface area contributed by atoms with Gasteiger partial charge in [0.15, 0.2) is 0 Å². The van der Waals surface area contributed by atoms with Crippen LogP contribution in [0.3, 0.4) is 0 Å². The van der Waals surface area contributed by atoms with Crippen LogP contribution < -0.4 is 10.6 Å². The van der Waals surface area contributed by atoms with Crippen LogP contribution in [0.4, 0.5) is 11.4 Å². The Hall–Kier alpha value is -1.55. The highest BCUT2D eigenvalue weighted by Gasteiger charge is 2.19. The molecule has 0 aliphatic carbocycles. The molecule has 4 heteroatoms. The quantitative estimate of drug-likeness (QED) is 0.830. The number of rotatable bonds is 5. The first-order valence-corrected chi connectivity index (χ1v) is 6.98. The van der Waals surface area contributed by atoms with Crippen molar-refractivity contribution in [1.29, 1.82) is 0 Å². The van der Waals surface area contributed by atoms with Crippen LogP contribution in [0.15, 0.2) is 24.3 Å². The number of amides is 1. The van der Waals surface area contributed by atoms with Gasteiger partial charge in [0.1, 0.15) is 0 Å². The Morgan fingerprint density at radius 2 is 2.37 bits per heavy atom. The van der Waals surface area contributed by atoms with E-state index in [-0.39, 0.29) is 12.0 Å². The molecule has 1 heterocycles. The first-order chi connectivity index (χ1) is 9.20. The summed E-state index contributed by atoms with van der Waals surface area (Å²) in [6.45, 7) is 3.48. The molecule has 0 saturated carbocycles. The molecular weight excluding hydrogens is 240 g/mol. The van der Waals surface area contributed by atoms with Gasteiger partial charge in [-0.05, 0) is 44.4 Å². The van der Waals surface area contributed by atoms with Crippen molar-refractivity contribution in [2.24, 2.45) is 0 Å². The largest absolute Gasteiger partial charge is 0.399 e. The molecule has 0 aromatic heterocycles. The zero-order chi connectivity index (χ0) is 13.7. The Balaban J connectivity index is 1.94. The van der Waals surface area contributed by atoms with Gasteiger partial charge in [-0.15, -0.1) is 0 Å². The third-order valence-corrected chi connectivity index (χ3v) is 3.50. The van der Waals surface area contributed by atoms with E-state index in [0.29, 0.717) is 18.7 Å². The van der Waals surface area contributed by atoms with Gasteiger partial charge in [0.2, 0.25) is 5.91 Å². The smallest absolute Gasteiger partial charge is 0.227 e. The van der Waals surface area contributed by atoms with E-state index in [1.54, 1.807) is 4.90 Å². The van der Waals surface area contributed by atoms with Crippen molar-refractivity contribution in [3.8, 4) is 0 Å². The summed E-state index contributed by atoms with van der Waals surface area (Å²) in [6, 6.07) is 7.46. The second kappa shape index (κ2) is 6.57. The highest BCUT2D eigenvalue weighted by Crippen LogP contribution is 2.21. The maximum absolute atomic E-state index is 12.3. The van der Waals surface area contributed by atoms with Gasteiger partial charge in [-0.3, -0.25) is 4.79 Å². The lowest BCUT2D eigenvalue weighted by atomic mass is 10.1. The Kier molecular flexibility index (Phi) is 4.80. The number of ether oxygens (including phenoxy) is 1. The molecule has 0 spiro atoms. The number of hydrogen-bond donors (Lipinski definition) is 1. The SMILES string of the molecule is CCN(C(=O)CCC1CCCO1)c1cccc(N)c1. The first-order valence-electron chi connectivity index (χ1n) is 6.98. The molecule has 0 radical (unpaired) electrons. The normalized spacial score (nSPS) is 18.5. The van der Waals surface area contributed by atoms with E-state index in [1.807, 2.05) is 31.2 Å². The molecule has 1 aliphatic heterocycles. The fourth-order valence-electron chi connectivity index (χ4n) is 2.49. The number of carbonyl (C=O) groups is 1. The molecule has 1 amide bonds. The summed E-state index contributed by atoms with van der Waals surface area (Å²) in [7, 11) is 0. The number of carbonyl (C=O) groups excluding carboxylic acids is 1. The molecule has 1 unspecified atom stereocenters. The van der Waals surface area contributed by atoms with Crippen LogP contribution in [0, 0.1) is 0 Å². The molecule has 2 N–H and O–H groups in total. The molecule has 1 fully saturated rings. The van der Waals surface area contributed by atoms with Crippen molar-refractivity contribution in [1.82, 2.24) is 0 Å². The van der Waals surface area contributed by atoms with Gasteiger partial charge in [0.05, 0.1) is 6.10 Å². The second-order valence-corrected chi connectivity index (χ2v) is 4.91. The first kappa shape index (κ1) is 13.9. The van der Waals surface area contributed by atoms with E-state index in [4.69, 9.17) is 10.5 Å². The fraction of sp³-hybridized carbons (Fsp3) is 0.533. The van der Waals surface area contributed by atoms with Crippen LogP contribution in [0.2, 0.25) is 0 Å². The third kappa shape index (κ3) is 3.70. The average molecular weight is 262 g/mol. The van der Waals surface area contributed by atoms with Crippen LogP contribution in [0.1, 0.15) is 32.6 Å². The summed E-state index contributed by atoms with van der Waals surface area (Å²) in [5.41, 5.74) is 7.32. The third-order valence-electron chi connectivity index (χ3n) is 3.50. The molecule has 104 valence electrons. The molecule has 4 nitrogen and oxygen atoms in total. The second-order valence-electron chi connectivity index (χ2n) is 4.91. The molecule has 1 aromatic carbocycles. The molecule has 19 heavy (non-hydrogen) atoms. The number of nitrogen functional groups attached to an aromatic ring is 1. The number of benzene rings is 1. The van der Waals surface area contributed by atoms with Gasteiger partial charge in [-0.2, -0.15) is 0 Å². The zero-order valence-corrected chi connectivity index (χ0v) is 11.5. The predicted octanol–water partition coefficient (Wildman–Crippen LogP) is 2.58. The summed E-state index contributed by atoms with van der Waals surface area (Å²) in [6.07, 6.45) is 3.82. The average Bonchev–Trinajstić information content (AvgIpc) is 2.90. The van der Waals surface area contributed by atoms with E-state index < -0.39 is 0 Å². The van der Waals surface area contributed by atoms with Crippen molar-refractivity contribution < 1.29 is 9.53 Å². The summed E-state index contributed by atoms with van der Waals surface area (Å²) in [5.74, 6) is 0.142. The van der Waals surface area contributed by atoms with E-state index in [0.717, 1.165) is 31.6 Å². The predicted molar refractivity (Wildman–Crippen MR) is 77.1 cm³/mol. The van der Waals surface area contributed by atoms with Crippen LogP contribution in [-0.2, 0) is 9.53 Å². The van der Waals surface area contributed by atoms with Gasteiger partial charge >= 0.3 is 0 Å². The summed E-state index contributed by atoms with van der Waals surface area (Å²) in [4.78, 5) is 14.1. The lowest BCUT2D eigenvalue weighted by Crippen LogP contribution is -2.31. The maximum atomic E-state index is 12.3. The topological polar surface area (TPSA) is 55.6 Å². The minimum Gasteiger partial charge on any atom is -0.399 e. The minimum atomic E-state index is 0.142. The Morgan fingerprint density at radius 1 is 1.53 bits per heavy atom. The van der Waals surface area contributed by atoms with Gasteiger partial charge in [0.25, 0.3) is 0 Å². The molecule has 2 rings (SSSR count). The number of anilines is 2. The number of hydrogen-bond acceptors (Lipinski definition) is 3. The van der Waals surface area contributed by atoms with E-state index >= 15 is 0 Å². The summed E-state index contributed by atoms with van der Waals surface area (Å²) in [5, 5.41) is 0. The Bertz CT molecular complexity index is 428. The van der Waals surface area contributed by atoms with Gasteiger partial charge in [-0.1, -0.05) is 6.07 Å². The molecule has 1 aliphatic rings. The molecule has 1 aromatic rings. The lowest BCUT2D eigenvalue weighted by molar-refractivity contribution is -0.119. The van der Waals surface area contributed by atoms with Crippen molar-refractivity contribution in [2.45, 2.75) is 38.7 Å². The summed E-state index contributed by atoms with van der Waals surface area (Å²) < 4.78 is 5.55. The maximum Gasteiger partial charge on any atom is 0.227 e. The zero-order valence-electron chi connectivity index (χ0n) is 11.5. The van der Waals surface area contributed by atoms with E-state index in [2.05, 4.69) is 0 Å². The number of nitrogens with zero attached hydrogens (tertiary/aromatic N) is 1. The van der Waals surface area contributed by atoms with Gasteiger partial charge < -0.3 is 15.4 Å². The van der Waals surface area contributed by atoms with Crippen LogP contribution >= 0.6 is 0 Å². The summed E-state index contributed by atoms with van der Waals surface area (Å²) >= 11 is 0. The van der Waals surface area contributed by atoms with E-state index in [9.17, 15) is 4.79 Å². The van der Waals surface area contributed by atoms with E-state index in [1.165, 1.54) is 0 Å². The molecule has 0 bridgehead atoms. The molecule has 1 saturated heterocycles. The minimum absolute atomic E-state index is 0.142. The van der Waals surface area contributed by atoms with Crippen molar-refractivity contribution >= 4 is 17.3 Å². The standard InChI is InChI=1S/C15H22N2O2/c1-2-17(13-6-3-5-12(16)11-13)15(18)9-8-14-7-4-10-19-14/h3,5-6,11,14H,2,4,7-10,16H2,1H3. The van der Waals surface area contributed by atoms with Crippen LogP contribution in [0.5, 0.6) is 0 Å². The van der Waals surface area contributed by atoms with Gasteiger partial charge in [-0.25, -0.2) is 0 Å². The van der Waals surface area contributed by atoms with Crippen molar-refractivity contribution in [3.63, 3.8) is 0 Å². The monoisotopic (exact) mass is 262 g/mol. The number of nitrogens with two attached hydrogens (primary N) is 1. The lowest BCUT2D eigenvalue weighted by Gasteiger charge is -2.22. The van der Waals surface area contributed by atoms with Crippen LogP contribution in [-0.4, -0.2) is 25.2 Å². The Morgan fingerprint density at radius 3 is 3.00 bits per heavy atom. The Labute approximate surface area is 114 Å². The fourth-order valence-corrected chi connectivity index (χ4v) is 2.49. The van der Waals surface area contributed by atoms with Crippen LogP contribution in [0.25, 0.3) is 0 Å². The molecule has 1 atom stereocenters. The van der Waals surface area contributed by atoms with Crippen molar-refractivity contribution in [2.75, 3.05) is 23.8 Å². The highest BCUT2D eigenvalue weighted by atomic mass is 16.5. The molecular formula is C15H22N2O2.